The summed E-state index contributed by atoms with van der Waals surface area (Å²) < 4.78 is 3.78. The van der Waals surface area contributed by atoms with Crippen LogP contribution in [0.15, 0.2) is 35.3 Å². The lowest BCUT2D eigenvalue weighted by Gasteiger charge is -2.21. The molecule has 4 rings (SSSR count). The Hall–Kier alpha value is -2.23. The number of H-pyrrole nitrogens is 1. The van der Waals surface area contributed by atoms with Gasteiger partial charge < -0.3 is 4.98 Å². The van der Waals surface area contributed by atoms with Crippen molar-refractivity contribution in [3.8, 4) is 0 Å². The molecule has 0 radical (unpaired) electrons. The Balaban J connectivity index is 1.93. The van der Waals surface area contributed by atoms with Gasteiger partial charge in [-0.25, -0.2) is 4.79 Å². The fraction of sp³-hybridized carbons (Fsp3) is 0.353. The highest BCUT2D eigenvalue weighted by Gasteiger charge is 2.28. The zero-order valence-electron chi connectivity index (χ0n) is 12.4. The van der Waals surface area contributed by atoms with Crippen LogP contribution in [0, 0.1) is 0 Å². The molecule has 3 aromatic rings. The maximum atomic E-state index is 12.6. The fourth-order valence-electron chi connectivity index (χ4n) is 3.58. The molecule has 108 valence electrons. The number of benzene rings is 1. The molecular formula is C17H19N3O. The van der Waals surface area contributed by atoms with E-state index in [1.54, 1.807) is 0 Å². The molecule has 4 heteroatoms. The van der Waals surface area contributed by atoms with Crippen LogP contribution in [-0.4, -0.2) is 14.1 Å². The van der Waals surface area contributed by atoms with Crippen molar-refractivity contribution in [2.45, 2.75) is 39.3 Å². The van der Waals surface area contributed by atoms with Crippen LogP contribution in [-0.2, 0) is 13.0 Å². The first kappa shape index (κ1) is 12.5. The third kappa shape index (κ3) is 1.65. The van der Waals surface area contributed by atoms with Gasteiger partial charge in [-0.1, -0.05) is 25.1 Å². The second-order valence-corrected chi connectivity index (χ2v) is 5.88. The summed E-state index contributed by atoms with van der Waals surface area (Å²) in [6, 6.07) is 8.45. The van der Waals surface area contributed by atoms with Crippen LogP contribution in [0.2, 0.25) is 0 Å². The molecule has 21 heavy (non-hydrogen) atoms. The summed E-state index contributed by atoms with van der Waals surface area (Å²) in [7, 11) is 0. The minimum absolute atomic E-state index is 0.0711. The molecule has 0 spiro atoms. The second-order valence-electron chi connectivity index (χ2n) is 5.88. The highest BCUT2D eigenvalue weighted by Crippen LogP contribution is 2.34. The van der Waals surface area contributed by atoms with E-state index in [4.69, 9.17) is 0 Å². The van der Waals surface area contributed by atoms with Gasteiger partial charge in [0.05, 0.1) is 6.04 Å². The molecule has 1 aliphatic rings. The van der Waals surface area contributed by atoms with Crippen molar-refractivity contribution in [1.29, 1.82) is 0 Å². The number of nitrogens with one attached hydrogen (secondary N) is 1. The Bertz CT molecular complexity index is 881. The lowest BCUT2D eigenvalue weighted by Crippen LogP contribution is -2.30. The van der Waals surface area contributed by atoms with Gasteiger partial charge >= 0.3 is 5.69 Å². The van der Waals surface area contributed by atoms with Gasteiger partial charge in [-0.2, -0.15) is 0 Å². The maximum Gasteiger partial charge on any atom is 0.328 e. The molecule has 1 aromatic carbocycles. The van der Waals surface area contributed by atoms with Gasteiger partial charge in [0, 0.05) is 41.5 Å². The Morgan fingerprint density at radius 2 is 2.14 bits per heavy atom. The minimum atomic E-state index is 0.0711. The topological polar surface area (TPSA) is 42.7 Å². The van der Waals surface area contributed by atoms with Crippen molar-refractivity contribution in [1.82, 2.24) is 14.1 Å². The molecule has 2 aromatic heterocycles. The van der Waals surface area contributed by atoms with Crippen LogP contribution in [0.5, 0.6) is 0 Å². The summed E-state index contributed by atoms with van der Waals surface area (Å²) in [5.41, 5.74) is 4.92. The van der Waals surface area contributed by atoms with Crippen LogP contribution >= 0.6 is 0 Å². The van der Waals surface area contributed by atoms with Crippen LogP contribution in [0.3, 0.4) is 0 Å². The number of fused-ring (bicyclic) bond motifs is 4. The Morgan fingerprint density at radius 1 is 1.33 bits per heavy atom. The summed E-state index contributed by atoms with van der Waals surface area (Å²) in [4.78, 5) is 16.1. The van der Waals surface area contributed by atoms with E-state index in [1.165, 1.54) is 16.6 Å². The van der Waals surface area contributed by atoms with Crippen molar-refractivity contribution in [2.75, 3.05) is 0 Å². The predicted octanol–water partition coefficient (Wildman–Crippen LogP) is 3.05. The Labute approximate surface area is 123 Å². The molecule has 0 fully saturated rings. The molecule has 3 heterocycles. The van der Waals surface area contributed by atoms with Crippen molar-refractivity contribution >= 4 is 10.9 Å². The number of imidazole rings is 1. The Morgan fingerprint density at radius 3 is 2.95 bits per heavy atom. The number of hydrogen-bond donors (Lipinski definition) is 1. The van der Waals surface area contributed by atoms with E-state index in [2.05, 4.69) is 37.0 Å². The maximum absolute atomic E-state index is 12.6. The molecular weight excluding hydrogens is 262 g/mol. The SMILES string of the molecule is CCCn1cc2n(c1=O)C(C)c1[nH]c3ccccc3c1C2. The van der Waals surface area contributed by atoms with Gasteiger partial charge in [-0.15, -0.1) is 0 Å². The molecule has 1 atom stereocenters. The standard InChI is InChI=1S/C17H19N3O/c1-3-8-19-10-12-9-14-13-6-4-5-7-15(13)18-16(14)11(2)20(12)17(19)21/h4-7,10-11,18H,3,8-9H2,1-2H3. The number of aromatic nitrogens is 3. The van der Waals surface area contributed by atoms with E-state index in [0.29, 0.717) is 0 Å². The minimum Gasteiger partial charge on any atom is -0.356 e. The van der Waals surface area contributed by atoms with Crippen molar-refractivity contribution < 1.29 is 0 Å². The predicted molar refractivity (Wildman–Crippen MR) is 83.9 cm³/mol. The van der Waals surface area contributed by atoms with Crippen molar-refractivity contribution in [3.05, 3.63) is 57.9 Å². The van der Waals surface area contributed by atoms with Gasteiger partial charge in [-0.05, 0) is 25.0 Å². The molecule has 4 nitrogen and oxygen atoms in total. The number of para-hydroxylation sites is 1. The van der Waals surface area contributed by atoms with Gasteiger partial charge in [0.1, 0.15) is 0 Å². The summed E-state index contributed by atoms with van der Waals surface area (Å²) in [6.07, 6.45) is 3.84. The largest absolute Gasteiger partial charge is 0.356 e. The third-order valence-corrected chi connectivity index (χ3v) is 4.54. The van der Waals surface area contributed by atoms with E-state index in [0.717, 1.165) is 30.6 Å². The average Bonchev–Trinajstić information content (AvgIpc) is 3.00. The van der Waals surface area contributed by atoms with E-state index in [1.807, 2.05) is 21.4 Å². The zero-order chi connectivity index (χ0) is 14.6. The average molecular weight is 281 g/mol. The molecule has 0 saturated heterocycles. The van der Waals surface area contributed by atoms with Gasteiger partial charge in [-0.3, -0.25) is 9.13 Å². The molecule has 0 bridgehead atoms. The van der Waals surface area contributed by atoms with E-state index in [-0.39, 0.29) is 11.7 Å². The highest BCUT2D eigenvalue weighted by molar-refractivity contribution is 5.85. The first-order chi connectivity index (χ1) is 10.2. The zero-order valence-corrected chi connectivity index (χ0v) is 12.4. The summed E-state index contributed by atoms with van der Waals surface area (Å²) in [5, 5.41) is 1.28. The summed E-state index contributed by atoms with van der Waals surface area (Å²) >= 11 is 0. The second kappa shape index (κ2) is 4.38. The first-order valence-corrected chi connectivity index (χ1v) is 7.60. The summed E-state index contributed by atoms with van der Waals surface area (Å²) in [6.45, 7) is 5.00. The van der Waals surface area contributed by atoms with Crippen molar-refractivity contribution in [2.24, 2.45) is 0 Å². The van der Waals surface area contributed by atoms with Gasteiger partial charge in [0.15, 0.2) is 0 Å². The molecule has 0 saturated carbocycles. The lowest BCUT2D eigenvalue weighted by molar-refractivity contribution is 0.538. The number of aryl methyl sites for hydroxylation is 1. The molecule has 0 amide bonds. The normalized spacial score (nSPS) is 17.0. The lowest BCUT2D eigenvalue weighted by atomic mass is 9.98. The number of rotatable bonds is 2. The molecule has 1 aliphatic heterocycles. The van der Waals surface area contributed by atoms with E-state index >= 15 is 0 Å². The van der Waals surface area contributed by atoms with Crippen LogP contribution < -0.4 is 5.69 Å². The van der Waals surface area contributed by atoms with Crippen LogP contribution in [0.1, 0.15) is 43.3 Å². The quantitative estimate of drug-likeness (QED) is 0.770. The number of aromatic amines is 1. The van der Waals surface area contributed by atoms with Gasteiger partial charge in [0.25, 0.3) is 0 Å². The van der Waals surface area contributed by atoms with Crippen molar-refractivity contribution in [3.63, 3.8) is 0 Å². The monoisotopic (exact) mass is 281 g/mol. The molecule has 1 N–H and O–H groups in total. The Kier molecular flexibility index (Phi) is 2.61. The fourth-order valence-corrected chi connectivity index (χ4v) is 3.58. The van der Waals surface area contributed by atoms with Crippen LogP contribution in [0.4, 0.5) is 0 Å². The number of nitrogens with zero attached hydrogens (tertiary/aromatic N) is 2. The highest BCUT2D eigenvalue weighted by atomic mass is 16.1. The summed E-state index contributed by atoms with van der Waals surface area (Å²) in [5.74, 6) is 0. The van der Waals surface area contributed by atoms with Gasteiger partial charge in [0.2, 0.25) is 0 Å². The third-order valence-electron chi connectivity index (χ3n) is 4.54. The van der Waals surface area contributed by atoms with E-state index in [9.17, 15) is 4.79 Å². The van der Waals surface area contributed by atoms with Crippen LogP contribution in [0.25, 0.3) is 10.9 Å². The molecule has 1 unspecified atom stereocenters. The number of hydrogen-bond acceptors (Lipinski definition) is 1. The smallest absolute Gasteiger partial charge is 0.328 e. The first-order valence-electron chi connectivity index (χ1n) is 7.60. The molecule has 0 aliphatic carbocycles. The van der Waals surface area contributed by atoms with E-state index < -0.39 is 0 Å².